The summed E-state index contributed by atoms with van der Waals surface area (Å²) in [5.74, 6) is -0.0511. The number of rotatable bonds is 4. The number of hydrogen-bond donors (Lipinski definition) is 1. The van der Waals surface area contributed by atoms with E-state index in [-0.39, 0.29) is 23.3 Å². The first-order chi connectivity index (χ1) is 6.20. The van der Waals surface area contributed by atoms with Gasteiger partial charge in [-0.3, -0.25) is 4.79 Å². The summed E-state index contributed by atoms with van der Waals surface area (Å²) < 4.78 is 4.74. The van der Waals surface area contributed by atoms with Gasteiger partial charge in [-0.05, 0) is 10.8 Å². The van der Waals surface area contributed by atoms with Crippen molar-refractivity contribution in [3.63, 3.8) is 0 Å². The van der Waals surface area contributed by atoms with E-state index in [1.807, 2.05) is 0 Å². The molecule has 0 bridgehead atoms. The zero-order valence-corrected chi connectivity index (χ0v) is 10.2. The van der Waals surface area contributed by atoms with E-state index in [2.05, 4.69) is 39.9 Å². The lowest BCUT2D eigenvalue weighted by atomic mass is 9.69. The molecule has 0 aromatic carbocycles. The molecule has 0 unspecified atom stereocenters. The Labute approximate surface area is 87.2 Å². The van der Waals surface area contributed by atoms with Crippen LogP contribution in [0, 0.1) is 10.8 Å². The molecular weight excluding hydrogens is 178 g/mol. The summed E-state index contributed by atoms with van der Waals surface area (Å²) >= 11 is 0. The van der Waals surface area contributed by atoms with Gasteiger partial charge in [-0.15, -0.1) is 0 Å². The normalized spacial score (nSPS) is 12.7. The number of amides is 1. The van der Waals surface area contributed by atoms with E-state index in [1.54, 1.807) is 0 Å². The van der Waals surface area contributed by atoms with Crippen LogP contribution in [0.2, 0.25) is 0 Å². The Bertz CT molecular complexity index is 192. The molecule has 0 atom stereocenters. The number of carbonyl (C=O) groups is 1. The quantitative estimate of drug-likeness (QED) is 0.753. The Morgan fingerprint density at radius 2 is 1.71 bits per heavy atom. The van der Waals surface area contributed by atoms with Gasteiger partial charge in [0.1, 0.15) is 6.61 Å². The summed E-state index contributed by atoms with van der Waals surface area (Å²) in [6, 6.07) is 0. The second kappa shape index (κ2) is 4.78. The van der Waals surface area contributed by atoms with Crippen LogP contribution in [0.15, 0.2) is 0 Å². The molecule has 84 valence electrons. The summed E-state index contributed by atoms with van der Waals surface area (Å²) in [5.41, 5.74) is 0.254. The fourth-order valence-corrected chi connectivity index (χ4v) is 0.767. The molecule has 3 nitrogen and oxygen atoms in total. The molecular formula is C11H23NO2. The monoisotopic (exact) mass is 201 g/mol. The van der Waals surface area contributed by atoms with Crippen molar-refractivity contribution in [2.45, 2.75) is 34.6 Å². The first-order valence-electron chi connectivity index (χ1n) is 4.96. The third-order valence-corrected chi connectivity index (χ3v) is 3.03. The number of methoxy groups -OCH3 is 1. The molecule has 0 aromatic rings. The molecule has 1 amide bonds. The maximum absolute atomic E-state index is 11.2. The van der Waals surface area contributed by atoms with E-state index in [0.29, 0.717) is 6.54 Å². The molecule has 3 heteroatoms. The van der Waals surface area contributed by atoms with Crippen molar-refractivity contribution in [2.24, 2.45) is 10.8 Å². The number of hydrogen-bond acceptors (Lipinski definition) is 2. The van der Waals surface area contributed by atoms with Crippen LogP contribution in [0.3, 0.4) is 0 Å². The number of nitrogens with one attached hydrogen (secondary N) is 1. The topological polar surface area (TPSA) is 38.3 Å². The average molecular weight is 201 g/mol. The fraction of sp³-hybridized carbons (Fsp3) is 0.909. The third-order valence-electron chi connectivity index (χ3n) is 3.03. The van der Waals surface area contributed by atoms with Crippen LogP contribution in [-0.4, -0.2) is 26.2 Å². The van der Waals surface area contributed by atoms with Crippen molar-refractivity contribution in [1.29, 1.82) is 0 Å². The molecule has 0 aromatic heterocycles. The van der Waals surface area contributed by atoms with Gasteiger partial charge in [0, 0.05) is 13.7 Å². The minimum Gasteiger partial charge on any atom is -0.375 e. The van der Waals surface area contributed by atoms with Gasteiger partial charge in [0.2, 0.25) is 5.91 Å². The molecule has 0 heterocycles. The van der Waals surface area contributed by atoms with Crippen LogP contribution < -0.4 is 5.32 Å². The molecule has 0 aliphatic carbocycles. The van der Waals surface area contributed by atoms with Crippen molar-refractivity contribution in [3.8, 4) is 0 Å². The molecule has 0 aliphatic heterocycles. The van der Waals surface area contributed by atoms with E-state index < -0.39 is 0 Å². The lowest BCUT2D eigenvalue weighted by Gasteiger charge is -2.38. The van der Waals surface area contributed by atoms with Gasteiger partial charge in [-0.2, -0.15) is 0 Å². The minimum absolute atomic E-state index is 0.0511. The van der Waals surface area contributed by atoms with Crippen molar-refractivity contribution in [1.82, 2.24) is 5.32 Å². The van der Waals surface area contributed by atoms with E-state index in [1.165, 1.54) is 7.11 Å². The van der Waals surface area contributed by atoms with Gasteiger partial charge in [-0.25, -0.2) is 0 Å². The highest BCUT2D eigenvalue weighted by Gasteiger charge is 2.32. The van der Waals surface area contributed by atoms with Crippen molar-refractivity contribution in [3.05, 3.63) is 0 Å². The largest absolute Gasteiger partial charge is 0.375 e. The van der Waals surface area contributed by atoms with Gasteiger partial charge < -0.3 is 10.1 Å². The maximum Gasteiger partial charge on any atom is 0.246 e. The van der Waals surface area contributed by atoms with E-state index in [4.69, 9.17) is 4.74 Å². The zero-order valence-electron chi connectivity index (χ0n) is 10.2. The van der Waals surface area contributed by atoms with Crippen molar-refractivity contribution in [2.75, 3.05) is 20.3 Å². The Kier molecular flexibility index (Phi) is 4.59. The molecule has 0 aliphatic rings. The molecule has 0 fully saturated rings. The van der Waals surface area contributed by atoms with E-state index in [9.17, 15) is 4.79 Å². The van der Waals surface area contributed by atoms with Crippen LogP contribution in [-0.2, 0) is 9.53 Å². The molecule has 1 N–H and O–H groups in total. The molecule has 14 heavy (non-hydrogen) atoms. The Balaban J connectivity index is 4.06. The lowest BCUT2D eigenvalue weighted by molar-refractivity contribution is -0.125. The van der Waals surface area contributed by atoms with Crippen LogP contribution in [0.1, 0.15) is 34.6 Å². The second-order valence-electron chi connectivity index (χ2n) is 5.34. The standard InChI is InChI=1S/C11H23NO2/c1-10(2,3)11(4,5)8-12-9(13)7-14-6/h7-8H2,1-6H3,(H,12,13). The zero-order chi connectivity index (χ0) is 11.4. The van der Waals surface area contributed by atoms with Crippen molar-refractivity contribution < 1.29 is 9.53 Å². The summed E-state index contributed by atoms with van der Waals surface area (Å²) in [4.78, 5) is 11.2. The predicted molar refractivity (Wildman–Crippen MR) is 58.1 cm³/mol. The summed E-state index contributed by atoms with van der Waals surface area (Å²) in [7, 11) is 1.52. The Morgan fingerprint density at radius 1 is 1.21 bits per heavy atom. The highest BCUT2D eigenvalue weighted by Crippen LogP contribution is 2.36. The average Bonchev–Trinajstić information content (AvgIpc) is 1.99. The molecule has 0 saturated heterocycles. The van der Waals surface area contributed by atoms with E-state index in [0.717, 1.165) is 0 Å². The second-order valence-corrected chi connectivity index (χ2v) is 5.34. The van der Waals surface area contributed by atoms with Crippen LogP contribution in [0.4, 0.5) is 0 Å². The van der Waals surface area contributed by atoms with E-state index >= 15 is 0 Å². The summed E-state index contributed by atoms with van der Waals surface area (Å²) in [5, 5.41) is 2.87. The first kappa shape index (κ1) is 13.4. The number of carbonyl (C=O) groups excluding carboxylic acids is 1. The SMILES string of the molecule is COCC(=O)NCC(C)(C)C(C)(C)C. The maximum atomic E-state index is 11.2. The number of ether oxygens (including phenoxy) is 1. The van der Waals surface area contributed by atoms with Crippen molar-refractivity contribution >= 4 is 5.91 Å². The van der Waals surface area contributed by atoms with Crippen LogP contribution in [0.25, 0.3) is 0 Å². The van der Waals surface area contributed by atoms with Gasteiger partial charge in [0.05, 0.1) is 0 Å². The molecule has 0 saturated carbocycles. The Morgan fingerprint density at radius 3 is 2.07 bits per heavy atom. The smallest absolute Gasteiger partial charge is 0.246 e. The summed E-state index contributed by atoms with van der Waals surface area (Å²) in [6.07, 6.45) is 0. The van der Waals surface area contributed by atoms with Crippen LogP contribution >= 0.6 is 0 Å². The van der Waals surface area contributed by atoms with Gasteiger partial charge in [0.25, 0.3) is 0 Å². The highest BCUT2D eigenvalue weighted by molar-refractivity contribution is 5.77. The Hall–Kier alpha value is -0.570. The van der Waals surface area contributed by atoms with Gasteiger partial charge in [0.15, 0.2) is 0 Å². The van der Waals surface area contributed by atoms with Gasteiger partial charge >= 0.3 is 0 Å². The summed E-state index contributed by atoms with van der Waals surface area (Å²) in [6.45, 7) is 11.7. The molecule has 0 rings (SSSR count). The minimum atomic E-state index is -0.0511. The first-order valence-corrected chi connectivity index (χ1v) is 4.96. The van der Waals surface area contributed by atoms with Gasteiger partial charge in [-0.1, -0.05) is 34.6 Å². The third kappa shape index (κ3) is 4.09. The molecule has 0 radical (unpaired) electrons. The fourth-order valence-electron chi connectivity index (χ4n) is 0.767. The lowest BCUT2D eigenvalue weighted by Crippen LogP contribution is -2.42. The highest BCUT2D eigenvalue weighted by atomic mass is 16.5. The van der Waals surface area contributed by atoms with Crippen LogP contribution in [0.5, 0.6) is 0 Å². The molecule has 0 spiro atoms. The predicted octanol–water partition coefficient (Wildman–Crippen LogP) is 1.82.